The van der Waals surface area contributed by atoms with Gasteiger partial charge < -0.3 is 9.80 Å². The Balaban J connectivity index is 1.37. The summed E-state index contributed by atoms with van der Waals surface area (Å²) in [5.74, 6) is 0.0126. The van der Waals surface area contributed by atoms with E-state index in [2.05, 4.69) is 80.2 Å². The minimum atomic E-state index is 0.0126. The van der Waals surface area contributed by atoms with Gasteiger partial charge in [-0.05, 0) is 68.5 Å². The third kappa shape index (κ3) is 4.29. The summed E-state index contributed by atoms with van der Waals surface area (Å²) >= 11 is 0. The van der Waals surface area contributed by atoms with Crippen molar-refractivity contribution in [3.05, 3.63) is 93.4 Å². The zero-order valence-electron chi connectivity index (χ0n) is 21.3. The Kier molecular flexibility index (Phi) is 6.05. The lowest BCUT2D eigenvalue weighted by molar-refractivity contribution is 0.0748. The van der Waals surface area contributed by atoms with Gasteiger partial charge in [-0.1, -0.05) is 36.4 Å². The lowest BCUT2D eigenvalue weighted by atomic mass is 9.99. The first-order chi connectivity index (χ1) is 16.8. The summed E-state index contributed by atoms with van der Waals surface area (Å²) in [6.45, 7) is 13.5. The average Bonchev–Trinajstić information content (AvgIpc) is 3.28. The molecule has 2 aromatic carbocycles. The van der Waals surface area contributed by atoms with E-state index in [9.17, 15) is 4.79 Å². The van der Waals surface area contributed by atoms with Crippen molar-refractivity contribution in [1.29, 1.82) is 0 Å². The highest BCUT2D eigenvalue weighted by molar-refractivity contribution is 5.99. The van der Waals surface area contributed by atoms with Crippen LogP contribution in [0.4, 0.5) is 5.69 Å². The number of anilines is 1. The van der Waals surface area contributed by atoms with Gasteiger partial charge in [-0.3, -0.25) is 4.79 Å². The smallest absolute Gasteiger partial charge is 0.259 e. The number of aromatic nitrogens is 3. The topological polar surface area (TPSA) is 53.7 Å². The number of hydrogen-bond acceptors (Lipinski definition) is 4. The van der Waals surface area contributed by atoms with Crippen LogP contribution >= 0.6 is 0 Å². The SMILES string of the molecule is Cc1ccc(C)c(N2CCN(C(=O)c3cnn4c(C)c(Cc5ccccc5C)c(C)nc34)CC2)c1. The molecule has 1 aliphatic rings. The van der Waals surface area contributed by atoms with Crippen molar-refractivity contribution in [1.82, 2.24) is 19.5 Å². The number of piperazine rings is 1. The predicted molar refractivity (Wildman–Crippen MR) is 140 cm³/mol. The number of amides is 1. The van der Waals surface area contributed by atoms with E-state index in [1.54, 1.807) is 6.20 Å². The van der Waals surface area contributed by atoms with Crippen molar-refractivity contribution >= 4 is 17.2 Å². The summed E-state index contributed by atoms with van der Waals surface area (Å²) in [7, 11) is 0. The van der Waals surface area contributed by atoms with Crippen LogP contribution in [0.5, 0.6) is 0 Å². The maximum Gasteiger partial charge on any atom is 0.259 e. The van der Waals surface area contributed by atoms with Crippen molar-refractivity contribution < 1.29 is 4.79 Å². The zero-order chi connectivity index (χ0) is 24.7. The molecule has 3 heterocycles. The molecule has 4 aromatic rings. The maximum atomic E-state index is 13.5. The lowest BCUT2D eigenvalue weighted by Crippen LogP contribution is -2.49. The van der Waals surface area contributed by atoms with Crippen LogP contribution in [0.25, 0.3) is 5.65 Å². The number of carbonyl (C=O) groups is 1. The molecular formula is C29H33N5O. The molecule has 0 atom stereocenters. The predicted octanol–water partition coefficient (Wildman–Crippen LogP) is 4.82. The quantitative estimate of drug-likeness (QED) is 0.432. The fourth-order valence-corrected chi connectivity index (χ4v) is 5.10. The van der Waals surface area contributed by atoms with E-state index in [-0.39, 0.29) is 5.91 Å². The molecule has 6 heteroatoms. The molecular weight excluding hydrogens is 434 g/mol. The van der Waals surface area contributed by atoms with Gasteiger partial charge in [0.15, 0.2) is 5.65 Å². The summed E-state index contributed by atoms with van der Waals surface area (Å²) in [6, 6.07) is 15.0. The van der Waals surface area contributed by atoms with Crippen LogP contribution < -0.4 is 4.90 Å². The number of rotatable bonds is 4. The Morgan fingerprint density at radius 1 is 0.914 bits per heavy atom. The highest BCUT2D eigenvalue weighted by atomic mass is 16.2. The summed E-state index contributed by atoms with van der Waals surface area (Å²) < 4.78 is 1.83. The van der Waals surface area contributed by atoms with Crippen LogP contribution in [-0.4, -0.2) is 51.6 Å². The summed E-state index contributed by atoms with van der Waals surface area (Å²) in [6.07, 6.45) is 2.49. The maximum absolute atomic E-state index is 13.5. The Hall–Kier alpha value is -3.67. The van der Waals surface area contributed by atoms with Crippen LogP contribution in [-0.2, 0) is 6.42 Å². The Morgan fingerprint density at radius 3 is 2.40 bits per heavy atom. The first-order valence-electron chi connectivity index (χ1n) is 12.3. The van der Waals surface area contributed by atoms with Gasteiger partial charge >= 0.3 is 0 Å². The second-order valence-electron chi connectivity index (χ2n) is 9.73. The third-order valence-electron chi connectivity index (χ3n) is 7.34. The summed E-state index contributed by atoms with van der Waals surface area (Å²) in [5, 5.41) is 4.58. The molecule has 0 bridgehead atoms. The van der Waals surface area contributed by atoms with Gasteiger partial charge in [0.2, 0.25) is 0 Å². The van der Waals surface area contributed by atoms with Crippen LogP contribution in [0.1, 0.15) is 49.6 Å². The van der Waals surface area contributed by atoms with E-state index < -0.39 is 0 Å². The van der Waals surface area contributed by atoms with Crippen LogP contribution in [0.3, 0.4) is 0 Å². The molecule has 0 radical (unpaired) electrons. The monoisotopic (exact) mass is 467 g/mol. The Labute approximate surface area is 207 Å². The molecule has 6 nitrogen and oxygen atoms in total. The molecule has 0 saturated carbocycles. The largest absolute Gasteiger partial charge is 0.368 e. The second-order valence-corrected chi connectivity index (χ2v) is 9.73. The molecule has 1 saturated heterocycles. The van der Waals surface area contributed by atoms with Crippen LogP contribution in [0, 0.1) is 34.6 Å². The van der Waals surface area contributed by atoms with Gasteiger partial charge in [0, 0.05) is 49.7 Å². The summed E-state index contributed by atoms with van der Waals surface area (Å²) in [4.78, 5) is 22.7. The van der Waals surface area contributed by atoms with Gasteiger partial charge in [0.1, 0.15) is 5.56 Å². The van der Waals surface area contributed by atoms with Gasteiger partial charge in [0.05, 0.1) is 6.20 Å². The summed E-state index contributed by atoms with van der Waals surface area (Å²) in [5.41, 5.74) is 10.7. The molecule has 35 heavy (non-hydrogen) atoms. The minimum absolute atomic E-state index is 0.0126. The fourth-order valence-electron chi connectivity index (χ4n) is 5.10. The van der Waals surface area contributed by atoms with Crippen molar-refractivity contribution in [3.63, 3.8) is 0 Å². The molecule has 5 rings (SSSR count). The van der Waals surface area contributed by atoms with Crippen molar-refractivity contribution in [2.24, 2.45) is 0 Å². The number of nitrogens with zero attached hydrogens (tertiary/aromatic N) is 5. The van der Waals surface area contributed by atoms with E-state index in [1.165, 1.54) is 27.9 Å². The van der Waals surface area contributed by atoms with E-state index in [1.807, 2.05) is 16.3 Å². The molecule has 1 fully saturated rings. The number of carbonyl (C=O) groups excluding carboxylic acids is 1. The highest BCUT2D eigenvalue weighted by Crippen LogP contribution is 2.25. The first-order valence-corrected chi connectivity index (χ1v) is 12.3. The van der Waals surface area contributed by atoms with Gasteiger partial charge in [0.25, 0.3) is 5.91 Å². The normalized spacial score (nSPS) is 14.1. The number of hydrogen-bond donors (Lipinski definition) is 0. The molecule has 0 aliphatic carbocycles. The zero-order valence-corrected chi connectivity index (χ0v) is 21.3. The van der Waals surface area contributed by atoms with E-state index >= 15 is 0 Å². The van der Waals surface area contributed by atoms with Gasteiger partial charge in [-0.25, -0.2) is 9.50 Å². The number of benzene rings is 2. The van der Waals surface area contributed by atoms with E-state index in [0.29, 0.717) is 24.3 Å². The first kappa shape index (κ1) is 23.1. The Bertz CT molecular complexity index is 1410. The highest BCUT2D eigenvalue weighted by Gasteiger charge is 2.26. The molecule has 1 amide bonds. The Morgan fingerprint density at radius 2 is 1.66 bits per heavy atom. The van der Waals surface area contributed by atoms with E-state index in [4.69, 9.17) is 4.98 Å². The molecule has 0 N–H and O–H groups in total. The third-order valence-corrected chi connectivity index (χ3v) is 7.34. The molecule has 1 aliphatic heterocycles. The van der Waals surface area contributed by atoms with Crippen LogP contribution in [0.2, 0.25) is 0 Å². The standard InChI is InChI=1S/C29H33N5O/c1-19-10-11-21(3)27(16-19)32-12-14-33(15-13-32)29(35)26-18-30-34-23(5)25(22(4)31-28(26)34)17-24-9-7-6-8-20(24)2/h6-11,16,18H,12-15,17H2,1-5H3. The number of fused-ring (bicyclic) bond motifs is 1. The van der Waals surface area contributed by atoms with Crippen molar-refractivity contribution in [3.8, 4) is 0 Å². The average molecular weight is 468 g/mol. The fraction of sp³-hybridized carbons (Fsp3) is 0.345. The van der Waals surface area contributed by atoms with Crippen molar-refractivity contribution in [2.45, 2.75) is 41.0 Å². The second kappa shape index (κ2) is 9.17. The number of aryl methyl sites for hydroxylation is 5. The van der Waals surface area contributed by atoms with E-state index in [0.717, 1.165) is 36.5 Å². The molecule has 180 valence electrons. The molecule has 2 aromatic heterocycles. The lowest BCUT2D eigenvalue weighted by Gasteiger charge is -2.36. The van der Waals surface area contributed by atoms with Gasteiger partial charge in [-0.15, -0.1) is 0 Å². The minimum Gasteiger partial charge on any atom is -0.368 e. The van der Waals surface area contributed by atoms with Crippen molar-refractivity contribution in [2.75, 3.05) is 31.1 Å². The molecule has 0 unspecified atom stereocenters. The van der Waals surface area contributed by atoms with Crippen LogP contribution in [0.15, 0.2) is 48.7 Å². The molecule has 0 spiro atoms. The van der Waals surface area contributed by atoms with Gasteiger partial charge in [-0.2, -0.15) is 5.10 Å².